The Kier molecular flexibility index (Phi) is 4.20. The van der Waals surface area contributed by atoms with Crippen molar-refractivity contribution in [3.8, 4) is 0 Å². The highest BCUT2D eigenvalue weighted by atomic mass is 35.5. The maximum atomic E-state index is 9.37. The van der Waals surface area contributed by atoms with Gasteiger partial charge in [0.25, 0.3) is 0 Å². The van der Waals surface area contributed by atoms with Gasteiger partial charge in [0, 0.05) is 13.1 Å². The normalized spacial score (nSPS) is 34.2. The van der Waals surface area contributed by atoms with Crippen LogP contribution in [0.1, 0.15) is 6.92 Å². The quantitative estimate of drug-likeness (QED) is 0.524. The summed E-state index contributed by atoms with van der Waals surface area (Å²) in [4.78, 5) is 0. The fourth-order valence-electron chi connectivity index (χ4n) is 0.845. The zero-order valence-corrected chi connectivity index (χ0v) is 6.91. The SMILES string of the molecule is C[C@]1(O)CNCCOC1.Cl. The van der Waals surface area contributed by atoms with Crippen LogP contribution in [0, 0.1) is 0 Å². The summed E-state index contributed by atoms with van der Waals surface area (Å²) in [6.45, 7) is 4.39. The van der Waals surface area contributed by atoms with Crippen LogP contribution in [0.4, 0.5) is 0 Å². The Balaban J connectivity index is 0.000000810. The van der Waals surface area contributed by atoms with E-state index in [9.17, 15) is 5.11 Å². The van der Waals surface area contributed by atoms with Crippen molar-refractivity contribution in [2.45, 2.75) is 12.5 Å². The molecule has 2 N–H and O–H groups in total. The molecule has 0 radical (unpaired) electrons. The molecule has 4 heteroatoms. The largest absolute Gasteiger partial charge is 0.386 e. The Morgan fingerprint density at radius 3 is 3.00 bits per heavy atom. The Morgan fingerprint density at radius 2 is 2.30 bits per heavy atom. The fourth-order valence-corrected chi connectivity index (χ4v) is 0.845. The summed E-state index contributed by atoms with van der Waals surface area (Å²) in [5.74, 6) is 0. The lowest BCUT2D eigenvalue weighted by Gasteiger charge is -2.18. The lowest BCUT2D eigenvalue weighted by atomic mass is 10.1. The first kappa shape index (κ1) is 10.2. The molecule has 0 aromatic carbocycles. The molecule has 0 saturated carbocycles. The van der Waals surface area contributed by atoms with Crippen molar-refractivity contribution in [2.24, 2.45) is 0 Å². The standard InChI is InChI=1S/C6H13NO2.ClH/c1-6(8)4-7-2-3-9-5-6;/h7-8H,2-5H2,1H3;1H/t6-;/m0./s1. The molecule has 62 valence electrons. The molecule has 10 heavy (non-hydrogen) atoms. The van der Waals surface area contributed by atoms with Crippen molar-refractivity contribution >= 4 is 12.4 Å². The molecular weight excluding hydrogens is 154 g/mol. The molecule has 0 bridgehead atoms. The molecule has 1 aliphatic heterocycles. The average Bonchev–Trinajstić information content (AvgIpc) is 1.92. The highest BCUT2D eigenvalue weighted by molar-refractivity contribution is 5.85. The van der Waals surface area contributed by atoms with Crippen molar-refractivity contribution in [1.29, 1.82) is 0 Å². The summed E-state index contributed by atoms with van der Waals surface area (Å²) in [7, 11) is 0. The first-order valence-corrected chi connectivity index (χ1v) is 3.22. The van der Waals surface area contributed by atoms with E-state index in [0.29, 0.717) is 19.8 Å². The van der Waals surface area contributed by atoms with Crippen LogP contribution in [0.3, 0.4) is 0 Å². The maximum Gasteiger partial charge on any atom is 0.0975 e. The van der Waals surface area contributed by atoms with Gasteiger partial charge in [0.2, 0.25) is 0 Å². The molecular formula is C6H14ClNO2. The number of hydrogen-bond donors (Lipinski definition) is 2. The van der Waals surface area contributed by atoms with Crippen LogP contribution in [0.15, 0.2) is 0 Å². The van der Waals surface area contributed by atoms with Gasteiger partial charge in [-0.15, -0.1) is 12.4 Å². The van der Waals surface area contributed by atoms with Crippen LogP contribution < -0.4 is 5.32 Å². The van der Waals surface area contributed by atoms with E-state index in [2.05, 4.69) is 5.32 Å². The Morgan fingerprint density at radius 1 is 1.60 bits per heavy atom. The van der Waals surface area contributed by atoms with Gasteiger partial charge in [-0.05, 0) is 6.92 Å². The smallest absolute Gasteiger partial charge is 0.0975 e. The number of rotatable bonds is 0. The number of ether oxygens (including phenoxy) is 1. The molecule has 3 nitrogen and oxygen atoms in total. The average molecular weight is 168 g/mol. The van der Waals surface area contributed by atoms with Crippen LogP contribution in [-0.2, 0) is 4.74 Å². The van der Waals surface area contributed by atoms with Gasteiger partial charge in [0.05, 0.1) is 18.8 Å². The van der Waals surface area contributed by atoms with E-state index < -0.39 is 5.60 Å². The lowest BCUT2D eigenvalue weighted by molar-refractivity contribution is -0.0136. The van der Waals surface area contributed by atoms with E-state index in [1.165, 1.54) is 0 Å². The number of nitrogens with one attached hydrogen (secondary N) is 1. The second-order valence-electron chi connectivity index (χ2n) is 2.73. The van der Waals surface area contributed by atoms with Gasteiger partial charge in [-0.1, -0.05) is 0 Å². The second kappa shape index (κ2) is 4.13. The van der Waals surface area contributed by atoms with E-state index >= 15 is 0 Å². The Labute approximate surface area is 67.2 Å². The molecule has 0 amide bonds. The number of hydrogen-bond acceptors (Lipinski definition) is 3. The molecule has 0 aromatic heterocycles. The number of β-amino-alcohol motifs (C(OH)–C–C–N with tert-alkyl or cyclic N) is 1. The molecule has 1 saturated heterocycles. The third-order valence-electron chi connectivity index (χ3n) is 1.34. The van der Waals surface area contributed by atoms with Crippen LogP contribution >= 0.6 is 12.4 Å². The van der Waals surface area contributed by atoms with Crippen molar-refractivity contribution < 1.29 is 9.84 Å². The van der Waals surface area contributed by atoms with Crippen LogP contribution in [-0.4, -0.2) is 37.0 Å². The molecule has 1 atom stereocenters. The van der Waals surface area contributed by atoms with Crippen molar-refractivity contribution in [1.82, 2.24) is 5.32 Å². The van der Waals surface area contributed by atoms with Gasteiger partial charge in [-0.2, -0.15) is 0 Å². The van der Waals surface area contributed by atoms with Gasteiger partial charge < -0.3 is 15.2 Å². The van der Waals surface area contributed by atoms with Crippen LogP contribution in [0.2, 0.25) is 0 Å². The van der Waals surface area contributed by atoms with Gasteiger partial charge in [-0.3, -0.25) is 0 Å². The second-order valence-corrected chi connectivity index (χ2v) is 2.73. The minimum atomic E-state index is -0.670. The topological polar surface area (TPSA) is 41.5 Å². The lowest BCUT2D eigenvalue weighted by Crippen LogP contribution is -2.38. The van der Waals surface area contributed by atoms with Gasteiger partial charge >= 0.3 is 0 Å². The zero-order valence-electron chi connectivity index (χ0n) is 6.09. The Bertz CT molecular complexity index is 87.7. The molecule has 0 unspecified atom stereocenters. The highest BCUT2D eigenvalue weighted by Gasteiger charge is 2.21. The summed E-state index contributed by atoms with van der Waals surface area (Å²) in [5, 5.41) is 12.4. The third kappa shape index (κ3) is 3.37. The van der Waals surface area contributed by atoms with E-state index in [-0.39, 0.29) is 12.4 Å². The van der Waals surface area contributed by atoms with Crippen molar-refractivity contribution in [3.63, 3.8) is 0 Å². The zero-order chi connectivity index (χ0) is 6.74. The van der Waals surface area contributed by atoms with Gasteiger partial charge in [-0.25, -0.2) is 0 Å². The number of aliphatic hydroxyl groups is 1. The van der Waals surface area contributed by atoms with E-state index in [1.807, 2.05) is 0 Å². The fraction of sp³-hybridized carbons (Fsp3) is 1.00. The highest BCUT2D eigenvalue weighted by Crippen LogP contribution is 2.03. The molecule has 0 aromatic rings. The predicted octanol–water partition coefficient (Wildman–Crippen LogP) is -0.221. The summed E-state index contributed by atoms with van der Waals surface area (Å²) in [6.07, 6.45) is 0. The minimum Gasteiger partial charge on any atom is -0.386 e. The number of halogens is 1. The van der Waals surface area contributed by atoms with Gasteiger partial charge in [0.1, 0.15) is 0 Å². The van der Waals surface area contributed by atoms with E-state index in [0.717, 1.165) is 6.54 Å². The third-order valence-corrected chi connectivity index (χ3v) is 1.34. The summed E-state index contributed by atoms with van der Waals surface area (Å²) in [6, 6.07) is 0. The molecule has 1 rings (SSSR count). The molecule has 0 spiro atoms. The van der Waals surface area contributed by atoms with Crippen LogP contribution in [0.5, 0.6) is 0 Å². The van der Waals surface area contributed by atoms with E-state index in [4.69, 9.17) is 4.74 Å². The predicted molar refractivity (Wildman–Crippen MR) is 41.6 cm³/mol. The first-order valence-electron chi connectivity index (χ1n) is 3.22. The van der Waals surface area contributed by atoms with Crippen molar-refractivity contribution in [2.75, 3.05) is 26.3 Å². The van der Waals surface area contributed by atoms with E-state index in [1.54, 1.807) is 6.92 Å². The maximum absolute atomic E-state index is 9.37. The molecule has 1 aliphatic rings. The van der Waals surface area contributed by atoms with Gasteiger partial charge in [0.15, 0.2) is 0 Å². The van der Waals surface area contributed by atoms with Crippen molar-refractivity contribution in [3.05, 3.63) is 0 Å². The first-order chi connectivity index (χ1) is 4.21. The Hall–Kier alpha value is 0.170. The molecule has 1 fully saturated rings. The monoisotopic (exact) mass is 167 g/mol. The van der Waals surface area contributed by atoms with Crippen LogP contribution in [0.25, 0.3) is 0 Å². The minimum absolute atomic E-state index is 0. The summed E-state index contributed by atoms with van der Waals surface area (Å²) in [5.41, 5.74) is -0.670. The molecule has 0 aliphatic carbocycles. The summed E-state index contributed by atoms with van der Waals surface area (Å²) < 4.78 is 5.10. The molecule has 1 heterocycles. The summed E-state index contributed by atoms with van der Waals surface area (Å²) >= 11 is 0.